The Bertz CT molecular complexity index is 9780. The van der Waals surface area contributed by atoms with Crippen LogP contribution in [0, 0.1) is 0 Å². The van der Waals surface area contributed by atoms with E-state index in [-0.39, 0.29) is 0 Å². The molecule has 0 saturated carbocycles. The second-order valence-electron chi connectivity index (χ2n) is 36.5. The Labute approximate surface area is 824 Å². The molecular weight excluding hydrogens is 1760 g/mol. The highest BCUT2D eigenvalue weighted by Gasteiger charge is 2.29. The summed E-state index contributed by atoms with van der Waals surface area (Å²) in [6.45, 7) is 0. The second-order valence-corrected chi connectivity index (χ2v) is 36.5. The zero-order chi connectivity index (χ0) is 94.8. The molecule has 0 atom stereocenters. The average molecular weight is 1840 g/mol. The van der Waals surface area contributed by atoms with Crippen molar-refractivity contribution in [1.29, 1.82) is 0 Å². The van der Waals surface area contributed by atoms with Crippen molar-refractivity contribution < 1.29 is 13.3 Å². The lowest BCUT2D eigenvalue weighted by Gasteiger charge is -2.12. The van der Waals surface area contributed by atoms with E-state index in [1.807, 2.05) is 127 Å². The molecule has 30 aromatic rings. The summed E-state index contributed by atoms with van der Waals surface area (Å²) < 4.78 is 27.4. The van der Waals surface area contributed by atoms with Gasteiger partial charge < -0.3 is 27.0 Å². The van der Waals surface area contributed by atoms with E-state index in [0.29, 0.717) is 23.3 Å². The SMILES string of the molecule is c1ccc(-c2cc(-c3ccc4c(c3)c3c5ccccc5c5c6ccccc6oc5c3n4-c3ccccc3)cc(-c3ccccc3)n2)cc1.c1ccc(-c2cc(-c3ccccc3)nc(-c3cccc(-n4c5ccccc5c5c6ccccc6c6c7ccccc7oc6c54)c3)n2)cc1.c1ccc(-c2nc(-c3ccccc3)nc(-c3cccc(-n4c5ccccc5c5c6ccccc6c6c7ccccc7oc6c54)c3)n2)cc1. The fourth-order valence-electron chi connectivity index (χ4n) is 21.8. The summed E-state index contributed by atoms with van der Waals surface area (Å²) in [4.78, 5) is 30.3. The molecule has 0 spiro atoms. The summed E-state index contributed by atoms with van der Waals surface area (Å²) in [5, 5.41) is 21.1. The summed E-state index contributed by atoms with van der Waals surface area (Å²) in [6, 6.07) is 171. The van der Waals surface area contributed by atoms with E-state index < -0.39 is 0 Å². The molecule has 30 rings (SSSR count). The third-order valence-electron chi connectivity index (χ3n) is 28.1. The van der Waals surface area contributed by atoms with Crippen LogP contribution in [0.4, 0.5) is 0 Å². The zero-order valence-corrected chi connectivity index (χ0v) is 77.5. The van der Waals surface area contributed by atoms with Crippen molar-refractivity contribution >= 4 is 164 Å². The summed E-state index contributed by atoms with van der Waals surface area (Å²) in [5.74, 6) is 2.57. The molecule has 0 fully saturated rings. The van der Waals surface area contributed by atoms with Gasteiger partial charge in [-0.3, -0.25) is 0 Å². The molecule has 9 heterocycles. The molecule has 0 aliphatic carbocycles. The van der Waals surface area contributed by atoms with Crippen molar-refractivity contribution in [2.24, 2.45) is 0 Å². The van der Waals surface area contributed by atoms with Crippen LogP contribution in [-0.2, 0) is 0 Å². The van der Waals surface area contributed by atoms with Crippen molar-refractivity contribution in [2.45, 2.75) is 0 Å². The van der Waals surface area contributed by atoms with Crippen molar-refractivity contribution in [3.8, 4) is 119 Å². The van der Waals surface area contributed by atoms with Crippen molar-refractivity contribution in [3.63, 3.8) is 0 Å². The zero-order valence-electron chi connectivity index (χ0n) is 77.5. The lowest BCUT2D eigenvalue weighted by molar-refractivity contribution is 0.671. The van der Waals surface area contributed by atoms with Gasteiger partial charge in [-0.15, -0.1) is 0 Å². The molecule has 9 aromatic heterocycles. The van der Waals surface area contributed by atoms with E-state index in [2.05, 4.69) is 378 Å². The number of para-hydroxylation sites is 6. The van der Waals surface area contributed by atoms with Crippen molar-refractivity contribution in [3.05, 3.63) is 491 Å². The Morgan fingerprint density at radius 3 is 0.785 bits per heavy atom. The predicted octanol–water partition coefficient (Wildman–Crippen LogP) is 34.9. The topological polar surface area (TPSA) is 132 Å². The largest absolute Gasteiger partial charge is 0.454 e. The van der Waals surface area contributed by atoms with Gasteiger partial charge in [-0.1, -0.05) is 394 Å². The number of rotatable bonds is 12. The Kier molecular flexibility index (Phi) is 19.7. The minimum Gasteiger partial charge on any atom is -0.454 e. The molecule has 21 aromatic carbocycles. The molecular formula is C132H81N9O3. The third-order valence-corrected chi connectivity index (χ3v) is 28.1. The van der Waals surface area contributed by atoms with E-state index in [4.69, 9.17) is 43.2 Å². The van der Waals surface area contributed by atoms with Crippen LogP contribution in [0.2, 0.25) is 0 Å². The fraction of sp³-hybridized carbons (Fsp3) is 0. The smallest absolute Gasteiger partial charge is 0.164 e. The third kappa shape index (κ3) is 13.8. The van der Waals surface area contributed by atoms with Crippen LogP contribution < -0.4 is 0 Å². The van der Waals surface area contributed by atoms with Gasteiger partial charge in [-0.2, -0.15) is 0 Å². The molecule has 0 radical (unpaired) electrons. The van der Waals surface area contributed by atoms with E-state index in [9.17, 15) is 0 Å². The molecule has 144 heavy (non-hydrogen) atoms. The Hall–Kier alpha value is -19.6. The van der Waals surface area contributed by atoms with Gasteiger partial charge >= 0.3 is 0 Å². The molecule has 12 heteroatoms. The highest BCUT2D eigenvalue weighted by molar-refractivity contribution is 6.38. The van der Waals surface area contributed by atoms with Gasteiger partial charge in [0.05, 0.1) is 55.9 Å². The maximum Gasteiger partial charge on any atom is 0.164 e. The quantitative estimate of drug-likeness (QED) is 0.117. The van der Waals surface area contributed by atoms with Crippen LogP contribution in [0.3, 0.4) is 0 Å². The first-order valence-electron chi connectivity index (χ1n) is 48.5. The number of nitrogens with zero attached hydrogens (tertiary/aromatic N) is 9. The number of hydrogen-bond donors (Lipinski definition) is 0. The van der Waals surface area contributed by atoms with Crippen molar-refractivity contribution in [2.75, 3.05) is 0 Å². The molecule has 0 aliphatic heterocycles. The van der Waals surface area contributed by atoms with Crippen LogP contribution in [0.15, 0.2) is 505 Å². The van der Waals surface area contributed by atoms with Gasteiger partial charge in [0.1, 0.15) is 16.7 Å². The number of fused-ring (bicyclic) bond motifs is 30. The normalized spacial score (nSPS) is 11.8. The molecule has 0 unspecified atom stereocenters. The summed E-state index contributed by atoms with van der Waals surface area (Å²) >= 11 is 0. The fourth-order valence-corrected chi connectivity index (χ4v) is 21.8. The lowest BCUT2D eigenvalue weighted by Crippen LogP contribution is -2.01. The predicted molar refractivity (Wildman–Crippen MR) is 592 cm³/mol. The number of benzene rings is 21. The number of pyridine rings is 1. The number of hydrogen-bond acceptors (Lipinski definition) is 9. The molecule has 0 amide bonds. The molecule has 0 bridgehead atoms. The number of furan rings is 3. The van der Waals surface area contributed by atoms with Gasteiger partial charge in [0.15, 0.2) is 40.0 Å². The molecule has 0 N–H and O–H groups in total. The standard InChI is InChI=1S/C45H28N2O.C44H27N3O.C43H26N4O/c1-4-14-29(15-5-1)38-27-32(28-39(46-38)30-16-6-2-7-17-30)31-24-25-40-37(26-31)42-34-20-10-11-21-35(34)43-36-22-12-13-23-41(36)48-45(43)44(42)47(40)33-18-8-3-9-19-33;1-3-14-28(15-4-1)36-27-37(29-16-5-2-6-17-29)46-44(45-36)30-18-13-19-31(26-30)47-38-24-11-9-22-34(38)40-32-20-7-8-21-33(32)41-35-23-10-12-25-39(35)48-43(41)42(40)47;1-3-14-27(15-4-1)41-44-42(28-16-5-2-6-17-28)46-43(45-41)29-18-13-19-30(26-29)47-35-24-11-9-22-33(35)37-31-20-7-8-21-32(31)38-34-23-10-12-25-36(34)48-40(38)39(37)47/h1-28H;1-27H;1-26H. The monoisotopic (exact) mass is 1840 g/mol. The van der Waals surface area contributed by atoms with Gasteiger partial charge in [0.2, 0.25) is 0 Å². The Morgan fingerprint density at radius 1 is 0.146 bits per heavy atom. The van der Waals surface area contributed by atoms with E-state index in [1.54, 1.807) is 0 Å². The highest BCUT2D eigenvalue weighted by atomic mass is 16.3. The van der Waals surface area contributed by atoms with Gasteiger partial charge in [0.25, 0.3) is 0 Å². The van der Waals surface area contributed by atoms with Gasteiger partial charge in [-0.25, -0.2) is 29.9 Å². The van der Waals surface area contributed by atoms with Crippen molar-refractivity contribution in [1.82, 2.24) is 43.6 Å². The summed E-state index contributed by atoms with van der Waals surface area (Å²) in [5.41, 5.74) is 29.0. The number of aromatic nitrogens is 9. The maximum absolute atomic E-state index is 6.78. The first-order chi connectivity index (χ1) is 71.4. The summed E-state index contributed by atoms with van der Waals surface area (Å²) in [6.07, 6.45) is 0. The second kappa shape index (κ2) is 34.3. The van der Waals surface area contributed by atoms with Gasteiger partial charge in [-0.05, 0) is 141 Å². The molecule has 12 nitrogen and oxygen atoms in total. The molecule has 0 aliphatic rings. The minimum absolute atomic E-state index is 0.615. The minimum atomic E-state index is 0.615. The van der Waals surface area contributed by atoms with Crippen LogP contribution in [-0.4, -0.2) is 43.6 Å². The van der Waals surface area contributed by atoms with Gasteiger partial charge in [0, 0.05) is 126 Å². The van der Waals surface area contributed by atoms with E-state index in [0.717, 1.165) is 194 Å². The van der Waals surface area contributed by atoms with Crippen LogP contribution in [0.25, 0.3) is 282 Å². The first-order valence-corrected chi connectivity index (χ1v) is 48.5. The summed E-state index contributed by atoms with van der Waals surface area (Å²) in [7, 11) is 0. The van der Waals surface area contributed by atoms with Crippen LogP contribution in [0.5, 0.6) is 0 Å². The van der Waals surface area contributed by atoms with E-state index in [1.165, 1.54) is 64.6 Å². The van der Waals surface area contributed by atoms with Crippen LogP contribution in [0.1, 0.15) is 0 Å². The average Bonchev–Trinajstić information content (AvgIpc) is 1.54. The highest BCUT2D eigenvalue weighted by Crippen LogP contribution is 2.52. The maximum atomic E-state index is 6.78. The van der Waals surface area contributed by atoms with E-state index >= 15 is 0 Å². The molecule has 672 valence electrons. The molecule has 0 saturated heterocycles. The first kappa shape index (κ1) is 82.7. The Morgan fingerprint density at radius 2 is 0.410 bits per heavy atom. The van der Waals surface area contributed by atoms with Crippen LogP contribution >= 0.6 is 0 Å². The lowest BCUT2D eigenvalue weighted by atomic mass is 9.96. The Balaban J connectivity index is 0.000000105.